The maximum absolute atomic E-state index is 4.12. The van der Waals surface area contributed by atoms with E-state index in [0.29, 0.717) is 0 Å². The molecule has 0 aliphatic heterocycles. The van der Waals surface area contributed by atoms with Gasteiger partial charge in [0.15, 0.2) is 5.96 Å². The van der Waals surface area contributed by atoms with Gasteiger partial charge in [0.25, 0.3) is 0 Å². The van der Waals surface area contributed by atoms with Gasteiger partial charge in [0, 0.05) is 20.1 Å². The normalized spacial score (nSPS) is 10.7. The Hall–Kier alpha value is -0.300. The molecule has 0 aliphatic rings. The highest BCUT2D eigenvalue weighted by Gasteiger charge is 1.96. The van der Waals surface area contributed by atoms with Gasteiger partial charge in [-0.2, -0.15) is 11.3 Å². The molecule has 0 spiro atoms. The Morgan fingerprint density at radius 2 is 2.27 bits per heavy atom. The van der Waals surface area contributed by atoms with Crippen LogP contribution in [0.1, 0.15) is 18.9 Å². The standard InChI is InChI=1S/C10H17N3S.HI/c1-3-5-12-10(11-2)13-7-9-4-6-14-8-9;/h4,6,8H,3,5,7H2,1-2H3,(H2,11,12,13);1H. The molecular formula is C10H18IN3S. The highest BCUT2D eigenvalue weighted by molar-refractivity contribution is 14.0. The van der Waals surface area contributed by atoms with Gasteiger partial charge in [-0.1, -0.05) is 6.92 Å². The lowest BCUT2D eigenvalue weighted by Gasteiger charge is -2.09. The molecule has 5 heteroatoms. The van der Waals surface area contributed by atoms with E-state index in [4.69, 9.17) is 0 Å². The van der Waals surface area contributed by atoms with E-state index in [1.54, 1.807) is 18.4 Å². The first kappa shape index (κ1) is 14.7. The van der Waals surface area contributed by atoms with Gasteiger partial charge in [-0.25, -0.2) is 0 Å². The predicted octanol–water partition coefficient (Wildman–Crippen LogP) is 2.44. The van der Waals surface area contributed by atoms with Crippen LogP contribution in [0.5, 0.6) is 0 Å². The third-order valence-electron chi connectivity index (χ3n) is 1.81. The van der Waals surface area contributed by atoms with E-state index < -0.39 is 0 Å². The minimum Gasteiger partial charge on any atom is -0.356 e. The molecule has 2 N–H and O–H groups in total. The average molecular weight is 339 g/mol. The summed E-state index contributed by atoms with van der Waals surface area (Å²) < 4.78 is 0. The van der Waals surface area contributed by atoms with E-state index >= 15 is 0 Å². The fourth-order valence-corrected chi connectivity index (χ4v) is 1.71. The van der Waals surface area contributed by atoms with Gasteiger partial charge in [0.1, 0.15) is 0 Å². The van der Waals surface area contributed by atoms with E-state index in [9.17, 15) is 0 Å². The number of nitrogens with one attached hydrogen (secondary N) is 2. The van der Waals surface area contributed by atoms with Gasteiger partial charge < -0.3 is 10.6 Å². The summed E-state index contributed by atoms with van der Waals surface area (Å²) in [5, 5.41) is 10.7. The smallest absolute Gasteiger partial charge is 0.191 e. The second-order valence-electron chi connectivity index (χ2n) is 2.98. The van der Waals surface area contributed by atoms with Crippen molar-refractivity contribution < 1.29 is 0 Å². The molecule has 15 heavy (non-hydrogen) atoms. The summed E-state index contributed by atoms with van der Waals surface area (Å²) in [6.45, 7) is 3.94. The Kier molecular flexibility index (Phi) is 8.79. The maximum atomic E-state index is 4.12. The molecule has 1 aromatic rings. The lowest BCUT2D eigenvalue weighted by atomic mass is 10.3. The second-order valence-corrected chi connectivity index (χ2v) is 3.76. The zero-order chi connectivity index (χ0) is 10.2. The number of nitrogens with zero attached hydrogens (tertiary/aromatic N) is 1. The predicted molar refractivity (Wildman–Crippen MR) is 78.2 cm³/mol. The molecule has 0 amide bonds. The van der Waals surface area contributed by atoms with Crippen LogP contribution in [0.4, 0.5) is 0 Å². The topological polar surface area (TPSA) is 36.4 Å². The Balaban J connectivity index is 0.00000196. The maximum Gasteiger partial charge on any atom is 0.191 e. The molecule has 0 unspecified atom stereocenters. The summed E-state index contributed by atoms with van der Waals surface area (Å²) in [6.07, 6.45) is 1.11. The van der Waals surface area contributed by atoms with Crippen LogP contribution >= 0.6 is 35.3 Å². The molecule has 86 valence electrons. The number of thiophene rings is 1. The fraction of sp³-hybridized carbons (Fsp3) is 0.500. The van der Waals surface area contributed by atoms with Crippen LogP contribution in [-0.4, -0.2) is 19.6 Å². The molecule has 1 rings (SSSR count). The molecule has 0 fully saturated rings. The molecule has 0 atom stereocenters. The SMILES string of the molecule is CCCNC(=NC)NCc1ccsc1.I. The number of guanidine groups is 1. The summed E-state index contributed by atoms with van der Waals surface area (Å²) in [6, 6.07) is 2.12. The van der Waals surface area contributed by atoms with Crippen molar-refractivity contribution in [2.75, 3.05) is 13.6 Å². The van der Waals surface area contributed by atoms with Crippen molar-refractivity contribution in [2.24, 2.45) is 4.99 Å². The number of aliphatic imine (C=N–C) groups is 1. The summed E-state index contributed by atoms with van der Waals surface area (Å²) in [5.74, 6) is 0.873. The van der Waals surface area contributed by atoms with Crippen molar-refractivity contribution in [3.05, 3.63) is 22.4 Å². The van der Waals surface area contributed by atoms with Gasteiger partial charge in [-0.3, -0.25) is 4.99 Å². The lowest BCUT2D eigenvalue weighted by molar-refractivity contribution is 0.782. The molecular weight excluding hydrogens is 321 g/mol. The Bertz CT molecular complexity index is 272. The number of hydrogen-bond acceptors (Lipinski definition) is 2. The van der Waals surface area contributed by atoms with Crippen molar-refractivity contribution in [1.29, 1.82) is 0 Å². The third kappa shape index (κ3) is 5.99. The van der Waals surface area contributed by atoms with E-state index in [-0.39, 0.29) is 24.0 Å². The monoisotopic (exact) mass is 339 g/mol. The van der Waals surface area contributed by atoms with Gasteiger partial charge >= 0.3 is 0 Å². The van der Waals surface area contributed by atoms with Gasteiger partial charge in [-0.05, 0) is 28.8 Å². The van der Waals surface area contributed by atoms with Crippen LogP contribution in [0.25, 0.3) is 0 Å². The third-order valence-corrected chi connectivity index (χ3v) is 2.54. The zero-order valence-electron chi connectivity index (χ0n) is 9.12. The highest BCUT2D eigenvalue weighted by Crippen LogP contribution is 2.04. The van der Waals surface area contributed by atoms with Crippen molar-refractivity contribution in [1.82, 2.24) is 10.6 Å². The summed E-state index contributed by atoms with van der Waals surface area (Å²) in [5.41, 5.74) is 1.30. The van der Waals surface area contributed by atoms with Gasteiger partial charge in [0.2, 0.25) is 0 Å². The molecule has 3 nitrogen and oxygen atoms in total. The van der Waals surface area contributed by atoms with E-state index in [0.717, 1.165) is 25.5 Å². The first-order valence-corrected chi connectivity index (χ1v) is 5.76. The first-order chi connectivity index (χ1) is 6.86. The fourth-order valence-electron chi connectivity index (χ4n) is 1.04. The van der Waals surface area contributed by atoms with Crippen LogP contribution in [0.2, 0.25) is 0 Å². The summed E-state index contributed by atoms with van der Waals surface area (Å²) in [7, 11) is 1.79. The highest BCUT2D eigenvalue weighted by atomic mass is 127. The zero-order valence-corrected chi connectivity index (χ0v) is 12.3. The molecule has 0 aliphatic carbocycles. The van der Waals surface area contributed by atoms with Gasteiger partial charge in [0.05, 0.1) is 0 Å². The lowest BCUT2D eigenvalue weighted by Crippen LogP contribution is -2.37. The molecule has 1 heterocycles. The molecule has 1 aromatic heterocycles. The van der Waals surface area contributed by atoms with Gasteiger partial charge in [-0.15, -0.1) is 24.0 Å². The van der Waals surface area contributed by atoms with Crippen LogP contribution in [0, 0.1) is 0 Å². The number of hydrogen-bond donors (Lipinski definition) is 2. The summed E-state index contributed by atoms with van der Waals surface area (Å²) >= 11 is 1.72. The average Bonchev–Trinajstić information content (AvgIpc) is 2.71. The quantitative estimate of drug-likeness (QED) is 0.502. The number of halogens is 1. The second kappa shape index (κ2) is 8.96. The van der Waals surface area contributed by atoms with Crippen molar-refractivity contribution >= 4 is 41.3 Å². The van der Waals surface area contributed by atoms with Crippen molar-refractivity contribution in [3.8, 4) is 0 Å². The van der Waals surface area contributed by atoms with Crippen LogP contribution < -0.4 is 10.6 Å². The van der Waals surface area contributed by atoms with Crippen molar-refractivity contribution in [2.45, 2.75) is 19.9 Å². The largest absolute Gasteiger partial charge is 0.356 e. The molecule has 0 aromatic carbocycles. The Morgan fingerprint density at radius 1 is 1.47 bits per heavy atom. The first-order valence-electron chi connectivity index (χ1n) is 4.82. The molecule has 0 bridgehead atoms. The molecule has 0 saturated carbocycles. The minimum absolute atomic E-state index is 0. The van der Waals surface area contributed by atoms with E-state index in [1.807, 2.05) is 0 Å². The van der Waals surface area contributed by atoms with E-state index in [1.165, 1.54) is 5.56 Å². The Labute approximate surface area is 112 Å². The van der Waals surface area contributed by atoms with Crippen molar-refractivity contribution in [3.63, 3.8) is 0 Å². The van der Waals surface area contributed by atoms with E-state index in [2.05, 4.69) is 39.4 Å². The van der Waals surface area contributed by atoms with Crippen LogP contribution in [0.3, 0.4) is 0 Å². The minimum atomic E-state index is 0. The molecule has 0 radical (unpaired) electrons. The Morgan fingerprint density at radius 3 is 2.80 bits per heavy atom. The van der Waals surface area contributed by atoms with Crippen LogP contribution in [0.15, 0.2) is 21.8 Å². The van der Waals surface area contributed by atoms with Crippen LogP contribution in [-0.2, 0) is 6.54 Å². The molecule has 0 saturated heterocycles. The summed E-state index contributed by atoms with van der Waals surface area (Å²) in [4.78, 5) is 4.12. The number of rotatable bonds is 4.